The second-order valence-corrected chi connectivity index (χ2v) is 8.35. The molecule has 0 aliphatic carbocycles. The van der Waals surface area contributed by atoms with Gasteiger partial charge in [0, 0.05) is 31.2 Å². The Labute approximate surface area is 207 Å². The molecule has 0 bridgehead atoms. The van der Waals surface area contributed by atoms with Gasteiger partial charge in [-0.05, 0) is 29.3 Å². The summed E-state index contributed by atoms with van der Waals surface area (Å²) >= 11 is 0. The molecule has 0 radical (unpaired) electrons. The second-order valence-electron chi connectivity index (χ2n) is 8.35. The Bertz CT molecular complexity index is 1340. The van der Waals surface area contributed by atoms with Crippen molar-refractivity contribution >= 4 is 29.9 Å². The van der Waals surface area contributed by atoms with E-state index in [4.69, 9.17) is 4.74 Å². The average molecular weight is 491 g/mol. The number of amides is 2. The van der Waals surface area contributed by atoms with Crippen molar-refractivity contribution in [3.8, 4) is 11.1 Å². The van der Waals surface area contributed by atoms with Crippen LogP contribution in [-0.2, 0) is 16.1 Å². The van der Waals surface area contributed by atoms with Crippen LogP contribution in [0.25, 0.3) is 11.1 Å². The fourth-order valence-corrected chi connectivity index (χ4v) is 3.87. The van der Waals surface area contributed by atoms with E-state index in [2.05, 4.69) is 10.6 Å². The van der Waals surface area contributed by atoms with E-state index in [1.54, 1.807) is 53.1 Å². The van der Waals surface area contributed by atoms with Gasteiger partial charge in [0.25, 0.3) is 5.91 Å². The van der Waals surface area contributed by atoms with Crippen LogP contribution >= 0.6 is 0 Å². The summed E-state index contributed by atoms with van der Waals surface area (Å²) in [5, 5.41) is 14.7. The molecule has 3 aromatic rings. The van der Waals surface area contributed by atoms with Gasteiger partial charge >= 0.3 is 12.4 Å². The van der Waals surface area contributed by atoms with Crippen LogP contribution in [0.1, 0.15) is 33.2 Å². The molecule has 0 fully saturated rings. The van der Waals surface area contributed by atoms with Crippen molar-refractivity contribution in [3.05, 3.63) is 89.2 Å². The molecule has 184 valence electrons. The molecule has 2 amide bonds. The number of benzene rings is 3. The second kappa shape index (κ2) is 10.8. The third-order valence-corrected chi connectivity index (χ3v) is 5.76. The number of hydrogen-bond donors (Lipinski definition) is 3. The van der Waals surface area contributed by atoms with Gasteiger partial charge in [-0.2, -0.15) is 4.58 Å². The quantitative estimate of drug-likeness (QED) is 0.420. The summed E-state index contributed by atoms with van der Waals surface area (Å²) in [6.07, 6.45) is 1.32. The number of aromatic carboxylic acids is 1. The molecule has 4 rings (SSSR count). The van der Waals surface area contributed by atoms with Gasteiger partial charge in [-0.3, -0.25) is 9.59 Å². The third-order valence-electron chi connectivity index (χ3n) is 5.76. The van der Waals surface area contributed by atoms with Crippen molar-refractivity contribution in [1.82, 2.24) is 10.6 Å². The zero-order chi connectivity index (χ0) is 25.7. The van der Waals surface area contributed by atoms with Gasteiger partial charge < -0.3 is 20.5 Å². The minimum atomic E-state index is -1.17. The zero-order valence-corrected chi connectivity index (χ0v) is 19.5. The van der Waals surface area contributed by atoms with Crippen molar-refractivity contribution in [2.75, 3.05) is 13.1 Å². The third kappa shape index (κ3) is 5.75. The summed E-state index contributed by atoms with van der Waals surface area (Å²) < 4.78 is 22.3. The smallest absolute Gasteiger partial charge is 0.336 e. The molecule has 0 spiro atoms. The topological polar surface area (TPSA) is 108 Å². The van der Waals surface area contributed by atoms with E-state index < -0.39 is 17.7 Å². The summed E-state index contributed by atoms with van der Waals surface area (Å²) in [6.45, 7) is 2.51. The van der Waals surface area contributed by atoms with Gasteiger partial charge in [0.05, 0.1) is 17.7 Å². The van der Waals surface area contributed by atoms with Gasteiger partial charge in [-0.15, -0.1) is 0 Å². The van der Waals surface area contributed by atoms with Crippen LogP contribution in [0.5, 0.6) is 0 Å². The molecule has 1 aliphatic rings. The summed E-state index contributed by atoms with van der Waals surface area (Å²) in [4.78, 5) is 34.8. The highest BCUT2D eigenvalue weighted by Gasteiger charge is 2.27. The minimum Gasteiger partial charge on any atom is -0.478 e. The van der Waals surface area contributed by atoms with E-state index in [-0.39, 0.29) is 29.7 Å². The van der Waals surface area contributed by atoms with Gasteiger partial charge in [0.1, 0.15) is 5.82 Å². The molecule has 1 atom stereocenters. The standard InChI is InChI=1S/C27H24FN3O5/c1-17(32)29-14-21-15-31(16-36-21)20-10-11-22(25(28)12-20)19-8-6-18(7-9-19)13-30-26(33)23-4-2-3-5-24(23)27(34)35/h2-12,16,21H,13-15H2,1H3,(H2-,29,30,32,33,34,35)/p+1/t21-/m0/s1. The Hall–Kier alpha value is -4.53. The van der Waals surface area contributed by atoms with Crippen LogP contribution < -0.4 is 10.6 Å². The molecule has 0 aromatic heterocycles. The number of carbonyl (C=O) groups excluding carboxylic acids is 2. The first kappa shape index (κ1) is 24.6. The molecular formula is C27H25FN3O5+. The maximum absolute atomic E-state index is 14.9. The van der Waals surface area contributed by atoms with Crippen LogP contribution in [0.2, 0.25) is 0 Å². The molecule has 3 N–H and O–H groups in total. The summed E-state index contributed by atoms with van der Waals surface area (Å²) in [5.74, 6) is -2.18. The molecule has 1 heterocycles. The molecule has 3 aromatic carbocycles. The van der Waals surface area contributed by atoms with Gasteiger partial charge in [0.2, 0.25) is 11.6 Å². The van der Waals surface area contributed by atoms with E-state index in [0.29, 0.717) is 29.9 Å². The maximum atomic E-state index is 14.9. The van der Waals surface area contributed by atoms with Crippen molar-refractivity contribution in [2.24, 2.45) is 0 Å². The SMILES string of the molecule is CC(=O)NC[C@H]1C[N+](c2ccc(-c3ccc(CNC(=O)c4ccccc4C(=O)O)cc3)c(F)c2)=CO1. The monoisotopic (exact) mass is 490 g/mol. The van der Waals surface area contributed by atoms with Crippen molar-refractivity contribution in [1.29, 1.82) is 0 Å². The highest BCUT2D eigenvalue weighted by molar-refractivity contribution is 6.04. The molecule has 1 aliphatic heterocycles. The van der Waals surface area contributed by atoms with Crippen LogP contribution in [-0.4, -0.2) is 53.1 Å². The summed E-state index contributed by atoms with van der Waals surface area (Å²) in [7, 11) is 0. The highest BCUT2D eigenvalue weighted by Crippen LogP contribution is 2.27. The predicted octanol–water partition coefficient (Wildman–Crippen LogP) is 3.33. The predicted molar refractivity (Wildman–Crippen MR) is 131 cm³/mol. The molecule has 36 heavy (non-hydrogen) atoms. The Morgan fingerprint density at radius 3 is 2.42 bits per heavy atom. The first-order valence-electron chi connectivity index (χ1n) is 11.3. The molecule has 9 heteroatoms. The average Bonchev–Trinajstić information content (AvgIpc) is 3.35. The molecule has 0 unspecified atom stereocenters. The number of rotatable bonds is 8. The lowest BCUT2D eigenvalue weighted by Gasteiger charge is -2.09. The first-order valence-corrected chi connectivity index (χ1v) is 11.3. The van der Waals surface area contributed by atoms with Gasteiger partial charge in [0.15, 0.2) is 12.6 Å². The number of carboxylic acids is 1. The number of halogens is 1. The van der Waals surface area contributed by atoms with E-state index >= 15 is 0 Å². The van der Waals surface area contributed by atoms with Crippen molar-refractivity contribution < 1.29 is 33.2 Å². The van der Waals surface area contributed by atoms with Gasteiger partial charge in [-0.25, -0.2) is 9.18 Å². The van der Waals surface area contributed by atoms with E-state index in [9.17, 15) is 23.9 Å². The number of nitrogens with one attached hydrogen (secondary N) is 2. The molecular weight excluding hydrogens is 465 g/mol. The van der Waals surface area contributed by atoms with Crippen LogP contribution in [0.4, 0.5) is 10.1 Å². The van der Waals surface area contributed by atoms with E-state index in [1.165, 1.54) is 31.5 Å². The summed E-state index contributed by atoms with van der Waals surface area (Å²) in [5.41, 5.74) is 2.56. The number of carbonyl (C=O) groups is 3. The molecule has 8 nitrogen and oxygen atoms in total. The fourth-order valence-electron chi connectivity index (χ4n) is 3.87. The van der Waals surface area contributed by atoms with E-state index in [0.717, 1.165) is 5.56 Å². The van der Waals surface area contributed by atoms with Gasteiger partial charge in [-0.1, -0.05) is 36.4 Å². The lowest BCUT2D eigenvalue weighted by molar-refractivity contribution is -0.428. The normalized spacial score (nSPS) is 14.5. The Balaban J connectivity index is 1.38. The fraction of sp³-hybridized carbons (Fsp3) is 0.185. The molecule has 0 saturated heterocycles. The Morgan fingerprint density at radius 2 is 1.75 bits per heavy atom. The maximum Gasteiger partial charge on any atom is 0.336 e. The minimum absolute atomic E-state index is 0.0642. The summed E-state index contributed by atoms with van der Waals surface area (Å²) in [6, 6.07) is 18.0. The highest BCUT2D eigenvalue weighted by atomic mass is 19.1. The largest absolute Gasteiger partial charge is 0.478 e. The number of nitrogens with zero attached hydrogens (tertiary/aromatic N) is 1. The lowest BCUT2D eigenvalue weighted by Crippen LogP contribution is -2.32. The Morgan fingerprint density at radius 1 is 1.03 bits per heavy atom. The number of carboxylic acid groups (broad SMARTS) is 1. The van der Waals surface area contributed by atoms with Crippen LogP contribution in [0.3, 0.4) is 0 Å². The van der Waals surface area contributed by atoms with Crippen molar-refractivity contribution in [2.45, 2.75) is 19.6 Å². The Kier molecular flexibility index (Phi) is 7.39. The van der Waals surface area contributed by atoms with Crippen LogP contribution in [0, 0.1) is 5.82 Å². The zero-order valence-electron chi connectivity index (χ0n) is 19.5. The number of hydrogen-bond acceptors (Lipinski definition) is 4. The van der Waals surface area contributed by atoms with Crippen LogP contribution in [0.15, 0.2) is 66.7 Å². The molecule has 0 saturated carbocycles. The van der Waals surface area contributed by atoms with E-state index in [1.807, 2.05) is 0 Å². The number of ether oxygens (including phenoxy) is 1. The first-order chi connectivity index (χ1) is 17.3. The lowest BCUT2D eigenvalue weighted by atomic mass is 10.0. The van der Waals surface area contributed by atoms with Crippen molar-refractivity contribution in [3.63, 3.8) is 0 Å².